The molecule has 0 saturated carbocycles. The van der Waals surface area contributed by atoms with Crippen molar-refractivity contribution in [2.75, 3.05) is 6.54 Å². The average Bonchev–Trinajstić information content (AvgIpc) is 3.35. The first kappa shape index (κ1) is 22.7. The highest BCUT2D eigenvalue weighted by Gasteiger charge is 2.22. The molecule has 0 aliphatic heterocycles. The van der Waals surface area contributed by atoms with E-state index < -0.39 is 0 Å². The summed E-state index contributed by atoms with van der Waals surface area (Å²) in [6, 6.07) is 39.7. The highest BCUT2D eigenvalue weighted by molar-refractivity contribution is 5.86. The van der Waals surface area contributed by atoms with Crippen LogP contribution in [-0.4, -0.2) is 17.4 Å². The molecule has 1 unspecified atom stereocenters. The molecule has 0 fully saturated rings. The van der Waals surface area contributed by atoms with Crippen molar-refractivity contribution in [1.29, 1.82) is 0 Å². The normalized spacial score (nSPS) is 12.0. The first-order valence-electron chi connectivity index (χ1n) is 12.3. The van der Waals surface area contributed by atoms with Crippen LogP contribution in [-0.2, 0) is 4.79 Å². The van der Waals surface area contributed by atoms with Gasteiger partial charge in [-0.3, -0.25) is 4.79 Å². The Morgan fingerprint density at radius 3 is 1.77 bits per heavy atom. The van der Waals surface area contributed by atoms with Crippen LogP contribution < -0.4 is 5.32 Å². The van der Waals surface area contributed by atoms with Crippen molar-refractivity contribution >= 4 is 16.8 Å². The van der Waals surface area contributed by atoms with Crippen molar-refractivity contribution in [3.05, 3.63) is 144 Å². The number of rotatable bonds is 9. The maximum Gasteiger partial charge on any atom is 0.220 e. The van der Waals surface area contributed by atoms with E-state index in [-0.39, 0.29) is 17.7 Å². The molecular formula is C32H30N2O. The van der Waals surface area contributed by atoms with Crippen molar-refractivity contribution in [3.63, 3.8) is 0 Å². The van der Waals surface area contributed by atoms with Gasteiger partial charge in [0.15, 0.2) is 0 Å². The molecule has 5 aromatic rings. The molecule has 2 N–H and O–H groups in total. The number of hydrogen-bond acceptors (Lipinski definition) is 1. The summed E-state index contributed by atoms with van der Waals surface area (Å²) < 4.78 is 0. The van der Waals surface area contributed by atoms with Gasteiger partial charge in [0.25, 0.3) is 0 Å². The van der Waals surface area contributed by atoms with E-state index in [2.05, 4.69) is 95.4 Å². The van der Waals surface area contributed by atoms with Gasteiger partial charge in [0.1, 0.15) is 0 Å². The Bertz CT molecular complexity index is 1320. The Hall–Kier alpha value is -4.11. The third-order valence-corrected chi connectivity index (χ3v) is 6.75. The van der Waals surface area contributed by atoms with Gasteiger partial charge in [0.05, 0.1) is 0 Å². The Labute approximate surface area is 206 Å². The zero-order chi connectivity index (χ0) is 23.9. The Morgan fingerprint density at radius 1 is 0.657 bits per heavy atom. The van der Waals surface area contributed by atoms with Gasteiger partial charge in [-0.2, -0.15) is 0 Å². The third kappa shape index (κ3) is 5.36. The second-order valence-electron chi connectivity index (χ2n) is 8.97. The molecule has 1 heterocycles. The highest BCUT2D eigenvalue weighted by atomic mass is 16.1. The van der Waals surface area contributed by atoms with Crippen LogP contribution in [0.25, 0.3) is 10.9 Å². The van der Waals surface area contributed by atoms with E-state index in [4.69, 9.17) is 0 Å². The van der Waals surface area contributed by atoms with Gasteiger partial charge >= 0.3 is 0 Å². The Morgan fingerprint density at radius 2 is 1.17 bits per heavy atom. The number of amides is 1. The molecule has 0 spiro atoms. The number of benzene rings is 4. The molecule has 35 heavy (non-hydrogen) atoms. The van der Waals surface area contributed by atoms with Crippen molar-refractivity contribution in [1.82, 2.24) is 10.3 Å². The van der Waals surface area contributed by atoms with Crippen molar-refractivity contribution in [2.24, 2.45) is 0 Å². The van der Waals surface area contributed by atoms with Crippen LogP contribution in [0.15, 0.2) is 121 Å². The number of para-hydroxylation sites is 1. The van der Waals surface area contributed by atoms with Crippen molar-refractivity contribution in [3.8, 4) is 0 Å². The van der Waals surface area contributed by atoms with Crippen molar-refractivity contribution < 1.29 is 4.79 Å². The lowest BCUT2D eigenvalue weighted by atomic mass is 9.87. The molecule has 1 atom stereocenters. The number of nitrogens with one attached hydrogen (secondary N) is 2. The molecule has 1 amide bonds. The maximum absolute atomic E-state index is 13.2. The molecule has 0 bridgehead atoms. The van der Waals surface area contributed by atoms with Crippen LogP contribution in [0.5, 0.6) is 0 Å². The number of H-pyrrole nitrogens is 1. The van der Waals surface area contributed by atoms with Gasteiger partial charge in [-0.05, 0) is 34.7 Å². The maximum atomic E-state index is 13.2. The van der Waals surface area contributed by atoms with Crippen LogP contribution in [0.1, 0.15) is 46.9 Å². The van der Waals surface area contributed by atoms with Gasteiger partial charge in [0.2, 0.25) is 5.91 Å². The second kappa shape index (κ2) is 10.9. The van der Waals surface area contributed by atoms with Crippen LogP contribution in [0, 0.1) is 0 Å². The smallest absolute Gasteiger partial charge is 0.220 e. The molecule has 3 heteroatoms. The van der Waals surface area contributed by atoms with E-state index in [9.17, 15) is 4.79 Å². The van der Waals surface area contributed by atoms with E-state index in [0.717, 1.165) is 23.1 Å². The monoisotopic (exact) mass is 458 g/mol. The fraction of sp³-hybridized carbons (Fsp3) is 0.156. The lowest BCUT2D eigenvalue weighted by Crippen LogP contribution is -2.27. The standard InChI is InChI=1S/C32H30N2O/c35-32(33-21-20-27(24-12-4-1-5-13-24)25-14-6-2-7-15-25)22-29(26-16-8-3-9-17-26)30-23-34-31-19-11-10-18-28(30)31/h1-19,23,27,29,34H,20-22H2,(H,33,35). The number of aromatic amines is 1. The third-order valence-electron chi connectivity index (χ3n) is 6.75. The minimum atomic E-state index is -0.00797. The summed E-state index contributed by atoms with van der Waals surface area (Å²) in [4.78, 5) is 16.6. The van der Waals surface area contributed by atoms with Crippen molar-refractivity contribution in [2.45, 2.75) is 24.7 Å². The summed E-state index contributed by atoms with van der Waals surface area (Å²) in [7, 11) is 0. The Balaban J connectivity index is 1.31. The summed E-state index contributed by atoms with van der Waals surface area (Å²) in [5, 5.41) is 4.38. The predicted octanol–water partition coefficient (Wildman–Crippen LogP) is 7.03. The van der Waals surface area contributed by atoms with E-state index in [1.54, 1.807) is 0 Å². The van der Waals surface area contributed by atoms with Gasteiger partial charge in [-0.15, -0.1) is 0 Å². The van der Waals surface area contributed by atoms with Crippen LogP contribution >= 0.6 is 0 Å². The summed E-state index contributed by atoms with van der Waals surface area (Å²) in [6.45, 7) is 0.628. The summed E-state index contributed by atoms with van der Waals surface area (Å²) in [5.41, 5.74) is 5.95. The fourth-order valence-electron chi connectivity index (χ4n) is 4.98. The second-order valence-corrected chi connectivity index (χ2v) is 8.97. The quantitative estimate of drug-likeness (QED) is 0.245. The number of carbonyl (C=O) groups is 1. The fourth-order valence-corrected chi connectivity index (χ4v) is 4.98. The molecular weight excluding hydrogens is 428 g/mol. The summed E-state index contributed by atoms with van der Waals surface area (Å²) in [6.07, 6.45) is 3.31. The number of aromatic nitrogens is 1. The van der Waals surface area contributed by atoms with Gasteiger partial charge < -0.3 is 10.3 Å². The first-order valence-corrected chi connectivity index (χ1v) is 12.3. The van der Waals surface area contributed by atoms with E-state index >= 15 is 0 Å². The van der Waals surface area contributed by atoms with Gasteiger partial charge in [-0.1, -0.05) is 109 Å². The van der Waals surface area contributed by atoms with E-state index in [1.807, 2.05) is 36.4 Å². The van der Waals surface area contributed by atoms with Crippen LogP contribution in [0.3, 0.4) is 0 Å². The Kier molecular flexibility index (Phi) is 7.05. The van der Waals surface area contributed by atoms with E-state index in [1.165, 1.54) is 16.5 Å². The minimum absolute atomic E-state index is 0.00797. The number of carbonyl (C=O) groups excluding carboxylic acids is 1. The molecule has 0 aliphatic rings. The van der Waals surface area contributed by atoms with Gasteiger partial charge in [-0.25, -0.2) is 0 Å². The van der Waals surface area contributed by atoms with Crippen LogP contribution in [0.2, 0.25) is 0 Å². The molecule has 0 radical (unpaired) electrons. The zero-order valence-corrected chi connectivity index (χ0v) is 19.7. The molecule has 5 rings (SSSR count). The zero-order valence-electron chi connectivity index (χ0n) is 19.7. The molecule has 0 saturated heterocycles. The van der Waals surface area contributed by atoms with E-state index in [0.29, 0.717) is 13.0 Å². The topological polar surface area (TPSA) is 44.9 Å². The van der Waals surface area contributed by atoms with Crippen LogP contribution in [0.4, 0.5) is 0 Å². The molecule has 1 aromatic heterocycles. The largest absolute Gasteiger partial charge is 0.361 e. The lowest BCUT2D eigenvalue weighted by Gasteiger charge is -2.20. The SMILES string of the molecule is O=C(CC(c1ccccc1)c1c[nH]c2ccccc12)NCCC(c1ccccc1)c1ccccc1. The first-order chi connectivity index (χ1) is 17.3. The molecule has 174 valence electrons. The average molecular weight is 459 g/mol. The molecule has 3 nitrogen and oxygen atoms in total. The highest BCUT2D eigenvalue weighted by Crippen LogP contribution is 2.33. The molecule has 4 aromatic carbocycles. The molecule has 0 aliphatic carbocycles. The minimum Gasteiger partial charge on any atom is -0.361 e. The number of fused-ring (bicyclic) bond motifs is 1. The lowest BCUT2D eigenvalue weighted by molar-refractivity contribution is -0.121. The predicted molar refractivity (Wildman–Crippen MR) is 144 cm³/mol. The number of hydrogen-bond donors (Lipinski definition) is 2. The summed E-state index contributed by atoms with van der Waals surface area (Å²) >= 11 is 0. The summed E-state index contributed by atoms with van der Waals surface area (Å²) in [5.74, 6) is 0.312. The van der Waals surface area contributed by atoms with Gasteiger partial charge in [0, 0.05) is 41.9 Å².